The Morgan fingerprint density at radius 2 is 2.04 bits per heavy atom. The average molecular weight is 419 g/mol. The summed E-state index contributed by atoms with van der Waals surface area (Å²) in [6.07, 6.45) is 0.483. The summed E-state index contributed by atoms with van der Waals surface area (Å²) in [5.74, 6) is 0.105. The molecule has 0 bridgehead atoms. The van der Waals surface area contributed by atoms with E-state index >= 15 is 0 Å². The van der Waals surface area contributed by atoms with E-state index in [1.165, 1.54) is 0 Å². The van der Waals surface area contributed by atoms with Gasteiger partial charge in [0.15, 0.2) is 8.32 Å². The topological polar surface area (TPSA) is 29.5 Å². The van der Waals surface area contributed by atoms with Crippen LogP contribution in [-0.4, -0.2) is 31.8 Å². The van der Waals surface area contributed by atoms with Crippen LogP contribution >= 0.6 is 27.5 Å². The fraction of sp³-hybridized carbons (Fsp3) is 0.588. The molecule has 128 valence electrons. The van der Waals surface area contributed by atoms with Crippen molar-refractivity contribution in [1.29, 1.82) is 0 Å². The first-order valence-corrected chi connectivity index (χ1v) is 12.0. The molecular weight excluding hydrogens is 394 g/mol. The molecule has 0 radical (unpaired) electrons. The predicted molar refractivity (Wildman–Crippen MR) is 101 cm³/mol. The number of benzene rings is 1. The summed E-state index contributed by atoms with van der Waals surface area (Å²) in [6.45, 7) is 12.3. The summed E-state index contributed by atoms with van der Waals surface area (Å²) in [6, 6.07) is 5.81. The van der Waals surface area contributed by atoms with Gasteiger partial charge in [0.25, 0.3) is 5.91 Å². The molecule has 1 atom stereocenters. The van der Waals surface area contributed by atoms with Gasteiger partial charge in [0.1, 0.15) is 6.10 Å². The van der Waals surface area contributed by atoms with Gasteiger partial charge in [0.2, 0.25) is 0 Å². The monoisotopic (exact) mass is 417 g/mol. The van der Waals surface area contributed by atoms with Crippen LogP contribution in [0.1, 0.15) is 32.8 Å². The molecule has 2 rings (SSSR count). The summed E-state index contributed by atoms with van der Waals surface area (Å²) in [5.41, 5.74) is 1.04. The van der Waals surface area contributed by atoms with Gasteiger partial charge in [0, 0.05) is 17.6 Å². The molecule has 1 aromatic rings. The third kappa shape index (κ3) is 4.38. The zero-order chi connectivity index (χ0) is 17.4. The number of amides is 1. The van der Waals surface area contributed by atoms with E-state index in [1.807, 2.05) is 23.1 Å². The maximum Gasteiger partial charge on any atom is 0.250 e. The van der Waals surface area contributed by atoms with Crippen LogP contribution in [-0.2, 0) is 15.8 Å². The molecule has 0 saturated carbocycles. The van der Waals surface area contributed by atoms with Gasteiger partial charge in [-0.25, -0.2) is 0 Å². The van der Waals surface area contributed by atoms with Crippen molar-refractivity contribution < 1.29 is 9.22 Å². The van der Waals surface area contributed by atoms with Crippen LogP contribution in [0.2, 0.25) is 23.2 Å². The van der Waals surface area contributed by atoms with E-state index in [2.05, 4.69) is 49.8 Å². The summed E-state index contributed by atoms with van der Waals surface area (Å²) < 4.78 is 7.17. The number of nitrogens with zero attached hydrogens (tertiary/aromatic N) is 1. The lowest BCUT2D eigenvalue weighted by Gasteiger charge is -2.37. The van der Waals surface area contributed by atoms with Crippen LogP contribution in [0.5, 0.6) is 0 Å². The Labute approximate surface area is 153 Å². The molecule has 3 nitrogen and oxygen atoms in total. The van der Waals surface area contributed by atoms with E-state index in [0.29, 0.717) is 11.6 Å². The SMILES string of the molecule is CC(C)(C)[Si](C)(C)OC1CCN(Cc2ccc(Br)c(Cl)c2)C1=O. The predicted octanol–water partition coefficient (Wildman–Crippen LogP) is 5.23. The number of likely N-dealkylation sites (tertiary alicyclic amines) is 1. The minimum absolute atomic E-state index is 0.105. The van der Waals surface area contributed by atoms with E-state index in [1.54, 1.807) is 0 Å². The molecule has 0 spiro atoms. The fourth-order valence-electron chi connectivity index (χ4n) is 2.37. The lowest BCUT2D eigenvalue weighted by atomic mass is 10.2. The van der Waals surface area contributed by atoms with Crippen molar-refractivity contribution in [2.75, 3.05) is 6.54 Å². The molecule has 0 aromatic heterocycles. The molecule has 1 unspecified atom stereocenters. The van der Waals surface area contributed by atoms with Crippen LogP contribution in [0, 0.1) is 0 Å². The molecule has 6 heteroatoms. The summed E-state index contributed by atoms with van der Waals surface area (Å²) in [4.78, 5) is 14.5. The normalized spacial score (nSPS) is 19.5. The van der Waals surface area contributed by atoms with Crippen molar-refractivity contribution >= 4 is 41.8 Å². The number of rotatable bonds is 4. The third-order valence-electron chi connectivity index (χ3n) is 4.85. The Balaban J connectivity index is 2.03. The largest absolute Gasteiger partial charge is 0.405 e. The molecule has 1 aromatic carbocycles. The molecule has 1 saturated heterocycles. The van der Waals surface area contributed by atoms with Crippen molar-refractivity contribution in [2.24, 2.45) is 0 Å². The first kappa shape index (κ1) is 19.0. The highest BCUT2D eigenvalue weighted by Gasteiger charge is 2.43. The Bertz CT molecular complexity index is 601. The van der Waals surface area contributed by atoms with Crippen LogP contribution in [0.3, 0.4) is 0 Å². The Hall–Kier alpha value is -0.363. The van der Waals surface area contributed by atoms with Gasteiger partial charge in [-0.3, -0.25) is 4.79 Å². The van der Waals surface area contributed by atoms with E-state index in [9.17, 15) is 4.79 Å². The number of carbonyl (C=O) groups excluding carboxylic acids is 1. The highest BCUT2D eigenvalue weighted by molar-refractivity contribution is 9.10. The summed E-state index contributed by atoms with van der Waals surface area (Å²) >= 11 is 9.52. The maximum absolute atomic E-state index is 12.6. The van der Waals surface area contributed by atoms with Crippen molar-refractivity contribution in [3.63, 3.8) is 0 Å². The second-order valence-electron chi connectivity index (χ2n) is 7.66. The first-order chi connectivity index (χ1) is 10.5. The van der Waals surface area contributed by atoms with E-state index in [0.717, 1.165) is 23.0 Å². The van der Waals surface area contributed by atoms with Crippen LogP contribution < -0.4 is 0 Å². The van der Waals surface area contributed by atoms with Gasteiger partial charge in [-0.05, 0) is 58.2 Å². The number of halogens is 2. The van der Waals surface area contributed by atoms with Crippen molar-refractivity contribution in [2.45, 2.75) is 58.0 Å². The van der Waals surface area contributed by atoms with Crippen LogP contribution in [0.4, 0.5) is 0 Å². The Morgan fingerprint density at radius 3 is 2.61 bits per heavy atom. The van der Waals surface area contributed by atoms with E-state index < -0.39 is 8.32 Å². The third-order valence-corrected chi connectivity index (χ3v) is 10.6. The quantitative estimate of drug-likeness (QED) is 0.627. The zero-order valence-corrected chi connectivity index (χ0v) is 17.8. The molecular formula is C17H25BrClNO2Si. The lowest BCUT2D eigenvalue weighted by Crippen LogP contribution is -2.46. The smallest absolute Gasteiger partial charge is 0.250 e. The van der Waals surface area contributed by atoms with Gasteiger partial charge in [-0.15, -0.1) is 0 Å². The van der Waals surface area contributed by atoms with Crippen molar-refractivity contribution in [3.8, 4) is 0 Å². The van der Waals surface area contributed by atoms with Crippen molar-refractivity contribution in [3.05, 3.63) is 33.3 Å². The first-order valence-electron chi connectivity index (χ1n) is 7.92. The highest BCUT2D eigenvalue weighted by Crippen LogP contribution is 2.38. The van der Waals surface area contributed by atoms with Gasteiger partial charge in [0.05, 0.1) is 5.02 Å². The molecule has 1 aliphatic rings. The van der Waals surface area contributed by atoms with E-state index in [4.69, 9.17) is 16.0 Å². The van der Waals surface area contributed by atoms with Crippen LogP contribution in [0.15, 0.2) is 22.7 Å². The summed E-state index contributed by atoms with van der Waals surface area (Å²) in [7, 11) is -1.92. The molecule has 1 heterocycles. The molecule has 1 fully saturated rings. The summed E-state index contributed by atoms with van der Waals surface area (Å²) in [5, 5.41) is 0.781. The standard InChI is InChI=1S/C17H25BrClNO2Si/c1-17(2,3)23(4,5)22-15-8-9-20(16(15)21)11-12-6-7-13(18)14(19)10-12/h6-7,10,15H,8-9,11H2,1-5H3. The minimum atomic E-state index is -1.92. The van der Waals surface area contributed by atoms with E-state index in [-0.39, 0.29) is 17.0 Å². The van der Waals surface area contributed by atoms with Gasteiger partial charge >= 0.3 is 0 Å². The fourth-order valence-corrected chi connectivity index (χ4v) is 4.10. The van der Waals surface area contributed by atoms with Gasteiger partial charge < -0.3 is 9.33 Å². The number of carbonyl (C=O) groups is 1. The molecule has 0 N–H and O–H groups in total. The second-order valence-corrected chi connectivity index (χ2v) is 13.7. The number of hydrogen-bond donors (Lipinski definition) is 0. The minimum Gasteiger partial charge on any atom is -0.405 e. The molecule has 1 aliphatic heterocycles. The van der Waals surface area contributed by atoms with Crippen molar-refractivity contribution in [1.82, 2.24) is 4.90 Å². The maximum atomic E-state index is 12.6. The zero-order valence-electron chi connectivity index (χ0n) is 14.5. The lowest BCUT2D eigenvalue weighted by molar-refractivity contribution is -0.134. The second kappa shape index (κ2) is 6.87. The Kier molecular flexibility index (Phi) is 5.66. The number of hydrogen-bond acceptors (Lipinski definition) is 2. The molecule has 23 heavy (non-hydrogen) atoms. The average Bonchev–Trinajstić information content (AvgIpc) is 2.74. The van der Waals surface area contributed by atoms with Crippen LogP contribution in [0.25, 0.3) is 0 Å². The highest BCUT2D eigenvalue weighted by atomic mass is 79.9. The van der Waals surface area contributed by atoms with Gasteiger partial charge in [-0.2, -0.15) is 0 Å². The molecule has 1 amide bonds. The molecule has 0 aliphatic carbocycles. The Morgan fingerprint density at radius 1 is 1.39 bits per heavy atom. The van der Waals surface area contributed by atoms with Gasteiger partial charge in [-0.1, -0.05) is 38.4 Å².